The number of carboxylic acid groups (broad SMARTS) is 2. The molecule has 2 rings (SSSR count). The highest BCUT2D eigenvalue weighted by atomic mass is 16.4. The Bertz CT molecular complexity index is 697. The van der Waals surface area contributed by atoms with Gasteiger partial charge < -0.3 is 15.9 Å². The molecule has 132 valence electrons. The monoisotopic (exact) mass is 342 g/mol. The highest BCUT2D eigenvalue weighted by Crippen LogP contribution is 2.33. The Kier molecular flexibility index (Phi) is 7.49. The van der Waals surface area contributed by atoms with E-state index in [-0.39, 0.29) is 11.5 Å². The summed E-state index contributed by atoms with van der Waals surface area (Å²) in [6, 6.07) is 16.1. The van der Waals surface area contributed by atoms with Gasteiger partial charge in [-0.2, -0.15) is 0 Å². The molecule has 1 atom stereocenters. The first-order chi connectivity index (χ1) is 11.7. The molecule has 1 heterocycles. The zero-order valence-corrected chi connectivity index (χ0v) is 14.2. The van der Waals surface area contributed by atoms with E-state index >= 15 is 0 Å². The van der Waals surface area contributed by atoms with Crippen LogP contribution in [0.2, 0.25) is 0 Å². The Balaban J connectivity index is 0.000000333. The third-order valence-corrected chi connectivity index (χ3v) is 3.63. The van der Waals surface area contributed by atoms with Crippen LogP contribution in [-0.4, -0.2) is 27.1 Å². The zero-order chi connectivity index (χ0) is 18.9. The molecule has 0 fully saturated rings. The molecule has 4 N–H and O–H groups in total. The molecule has 0 amide bonds. The third kappa shape index (κ3) is 6.56. The number of benzene rings is 1. The average molecular weight is 342 g/mol. The van der Waals surface area contributed by atoms with Crippen LogP contribution < -0.4 is 5.73 Å². The molecule has 2 aromatic rings. The van der Waals surface area contributed by atoms with Crippen LogP contribution >= 0.6 is 0 Å². The molecule has 0 saturated heterocycles. The summed E-state index contributed by atoms with van der Waals surface area (Å²) in [6.45, 7) is 4.26. The summed E-state index contributed by atoms with van der Waals surface area (Å²) in [7, 11) is 0. The Morgan fingerprint density at radius 3 is 1.96 bits per heavy atom. The van der Waals surface area contributed by atoms with Crippen molar-refractivity contribution in [1.29, 1.82) is 0 Å². The fourth-order valence-corrected chi connectivity index (χ4v) is 2.12. The van der Waals surface area contributed by atoms with Crippen LogP contribution in [0.4, 0.5) is 0 Å². The van der Waals surface area contributed by atoms with Crippen molar-refractivity contribution in [2.24, 2.45) is 5.73 Å². The molecule has 1 aromatic heterocycles. The Morgan fingerprint density at radius 1 is 1.00 bits per heavy atom. The lowest BCUT2D eigenvalue weighted by atomic mass is 9.78. The molecule has 0 aliphatic heterocycles. The topological polar surface area (TPSA) is 114 Å². The normalized spacial score (nSPS) is 12.1. The van der Waals surface area contributed by atoms with Crippen LogP contribution in [-0.2, 0) is 15.0 Å². The molecular weight excluding hydrogens is 320 g/mol. The number of aliphatic carboxylic acids is 2. The second-order valence-electron chi connectivity index (χ2n) is 5.83. The zero-order valence-electron chi connectivity index (χ0n) is 14.2. The van der Waals surface area contributed by atoms with E-state index in [9.17, 15) is 9.59 Å². The Labute approximate surface area is 146 Å². The first kappa shape index (κ1) is 20.1. The molecule has 1 aromatic carbocycles. The fraction of sp³-hybridized carbons (Fsp3) is 0.211. The molecule has 0 bridgehead atoms. The van der Waals surface area contributed by atoms with E-state index in [0.717, 1.165) is 11.3 Å². The lowest BCUT2D eigenvalue weighted by Gasteiger charge is -2.31. The van der Waals surface area contributed by atoms with Crippen molar-refractivity contribution < 1.29 is 19.8 Å². The van der Waals surface area contributed by atoms with Gasteiger partial charge in [-0.15, -0.1) is 0 Å². The predicted molar refractivity (Wildman–Crippen MR) is 95.0 cm³/mol. The summed E-state index contributed by atoms with van der Waals surface area (Å²) in [5.41, 5.74) is 8.35. The van der Waals surface area contributed by atoms with Crippen LogP contribution in [0.25, 0.3) is 0 Å². The quantitative estimate of drug-likeness (QED) is 0.720. The minimum Gasteiger partial charge on any atom is -0.478 e. The first-order valence-corrected chi connectivity index (χ1v) is 7.61. The maximum absolute atomic E-state index is 9.55. The molecule has 0 radical (unpaired) electrons. The van der Waals surface area contributed by atoms with Gasteiger partial charge in [0.05, 0.1) is 0 Å². The van der Waals surface area contributed by atoms with Crippen molar-refractivity contribution in [1.82, 2.24) is 4.98 Å². The van der Waals surface area contributed by atoms with Crippen molar-refractivity contribution in [3.05, 3.63) is 78.1 Å². The molecule has 25 heavy (non-hydrogen) atoms. The molecule has 0 spiro atoms. The predicted octanol–water partition coefficient (Wildman–Crippen LogP) is 2.77. The van der Waals surface area contributed by atoms with E-state index < -0.39 is 11.9 Å². The fourth-order valence-electron chi connectivity index (χ4n) is 2.12. The number of aromatic nitrogens is 1. The minimum atomic E-state index is -1.26. The first-order valence-electron chi connectivity index (χ1n) is 7.61. The van der Waals surface area contributed by atoms with Crippen LogP contribution in [0.1, 0.15) is 31.1 Å². The van der Waals surface area contributed by atoms with E-state index in [4.69, 9.17) is 15.9 Å². The summed E-state index contributed by atoms with van der Waals surface area (Å²) in [5, 5.41) is 15.6. The Hall–Kier alpha value is -2.99. The van der Waals surface area contributed by atoms with Crippen LogP contribution in [0.3, 0.4) is 0 Å². The van der Waals surface area contributed by atoms with Gasteiger partial charge in [-0.1, -0.05) is 50.2 Å². The lowest BCUT2D eigenvalue weighted by Crippen LogP contribution is -2.33. The van der Waals surface area contributed by atoms with Gasteiger partial charge in [0.15, 0.2) is 0 Å². The van der Waals surface area contributed by atoms with E-state index in [1.807, 2.05) is 42.6 Å². The second kappa shape index (κ2) is 9.34. The summed E-state index contributed by atoms with van der Waals surface area (Å²) >= 11 is 0. The van der Waals surface area contributed by atoms with Gasteiger partial charge in [0.1, 0.15) is 0 Å². The number of carbonyl (C=O) groups is 2. The molecule has 0 saturated carbocycles. The van der Waals surface area contributed by atoms with Crippen LogP contribution in [0.15, 0.2) is 66.9 Å². The van der Waals surface area contributed by atoms with Gasteiger partial charge in [-0.25, -0.2) is 9.59 Å². The second-order valence-corrected chi connectivity index (χ2v) is 5.83. The highest BCUT2D eigenvalue weighted by Gasteiger charge is 2.30. The van der Waals surface area contributed by atoms with Crippen LogP contribution in [0, 0.1) is 0 Å². The molecule has 0 aliphatic carbocycles. The van der Waals surface area contributed by atoms with Gasteiger partial charge in [0, 0.05) is 35.5 Å². The number of rotatable bonds is 5. The number of nitrogens with two attached hydrogens (primary N) is 1. The SMILES string of the molecule is CC(C)(c1ccccn1)[C@@H](N)c1ccccc1.O=C(O)/C=C/C(=O)O. The summed E-state index contributed by atoms with van der Waals surface area (Å²) in [6.07, 6.45) is 2.93. The van der Waals surface area contributed by atoms with E-state index in [0.29, 0.717) is 12.2 Å². The van der Waals surface area contributed by atoms with Crippen molar-refractivity contribution >= 4 is 11.9 Å². The third-order valence-electron chi connectivity index (χ3n) is 3.63. The van der Waals surface area contributed by atoms with E-state index in [1.54, 1.807) is 0 Å². The maximum atomic E-state index is 9.55. The summed E-state index contributed by atoms with van der Waals surface area (Å²) in [5.74, 6) is -2.51. The molecule has 6 nitrogen and oxygen atoms in total. The van der Waals surface area contributed by atoms with Gasteiger partial charge >= 0.3 is 11.9 Å². The number of carboxylic acids is 2. The maximum Gasteiger partial charge on any atom is 0.328 e. The van der Waals surface area contributed by atoms with Crippen molar-refractivity contribution in [2.45, 2.75) is 25.3 Å². The summed E-state index contributed by atoms with van der Waals surface area (Å²) < 4.78 is 0. The average Bonchev–Trinajstić information content (AvgIpc) is 2.61. The molecule has 0 aliphatic rings. The van der Waals surface area contributed by atoms with E-state index in [2.05, 4.69) is 31.0 Å². The molecule has 0 unspecified atom stereocenters. The summed E-state index contributed by atoms with van der Waals surface area (Å²) in [4.78, 5) is 23.5. The van der Waals surface area contributed by atoms with Gasteiger partial charge in [0.25, 0.3) is 0 Å². The van der Waals surface area contributed by atoms with Crippen molar-refractivity contribution in [3.63, 3.8) is 0 Å². The largest absolute Gasteiger partial charge is 0.478 e. The highest BCUT2D eigenvalue weighted by molar-refractivity contribution is 5.89. The molecular formula is C19H22N2O4. The lowest BCUT2D eigenvalue weighted by molar-refractivity contribution is -0.134. The van der Waals surface area contributed by atoms with Crippen molar-refractivity contribution in [2.75, 3.05) is 0 Å². The molecule has 6 heteroatoms. The smallest absolute Gasteiger partial charge is 0.328 e. The number of pyridine rings is 1. The van der Waals surface area contributed by atoms with Crippen LogP contribution in [0.5, 0.6) is 0 Å². The minimum absolute atomic E-state index is 0.0569. The van der Waals surface area contributed by atoms with Gasteiger partial charge in [-0.3, -0.25) is 4.98 Å². The van der Waals surface area contributed by atoms with Crippen molar-refractivity contribution in [3.8, 4) is 0 Å². The Morgan fingerprint density at radius 2 is 1.52 bits per heavy atom. The number of hydrogen-bond acceptors (Lipinski definition) is 4. The standard InChI is InChI=1S/C15H18N2.C4H4O4/c1-15(2,13-10-6-7-11-17-13)14(16)12-8-4-3-5-9-12;5-3(6)1-2-4(7)8/h3-11,14H,16H2,1-2H3;1-2H,(H,5,6)(H,7,8)/b;2-1+/t14-;/m0./s1. The van der Waals surface area contributed by atoms with Gasteiger partial charge in [0.2, 0.25) is 0 Å². The van der Waals surface area contributed by atoms with Gasteiger partial charge in [-0.05, 0) is 17.7 Å². The number of nitrogens with zero attached hydrogens (tertiary/aromatic N) is 1. The number of hydrogen-bond donors (Lipinski definition) is 3. The van der Waals surface area contributed by atoms with E-state index in [1.165, 1.54) is 0 Å².